The topological polar surface area (TPSA) is 42.0 Å². The number of nitrogens with zero attached hydrogens (tertiary/aromatic N) is 1. The van der Waals surface area contributed by atoms with E-state index in [9.17, 15) is 4.79 Å². The van der Waals surface area contributed by atoms with E-state index in [4.69, 9.17) is 0 Å². The highest BCUT2D eigenvalue weighted by Crippen LogP contribution is 2.11. The van der Waals surface area contributed by atoms with Crippen LogP contribution in [0.3, 0.4) is 0 Å². The second kappa shape index (κ2) is 8.13. The van der Waals surface area contributed by atoms with Crippen LogP contribution in [0.25, 0.3) is 6.08 Å². The predicted octanol–water partition coefficient (Wildman–Crippen LogP) is 4.71. The van der Waals surface area contributed by atoms with Crippen molar-refractivity contribution in [2.45, 2.75) is 33.1 Å². The molecule has 0 atom stereocenters. The van der Waals surface area contributed by atoms with Crippen LogP contribution in [0.2, 0.25) is 0 Å². The molecule has 2 aromatic rings. The van der Waals surface area contributed by atoms with E-state index in [2.05, 4.69) is 36.3 Å². The molecule has 2 rings (SSSR count). The maximum Gasteiger partial charge on any atom is 0.256 e. The Bertz CT molecular complexity index is 645. The molecule has 3 heteroatoms. The van der Waals surface area contributed by atoms with E-state index in [1.165, 1.54) is 0 Å². The van der Waals surface area contributed by atoms with Crippen LogP contribution in [0.5, 0.6) is 0 Å². The Balaban J connectivity index is 2.03. The Kier molecular flexibility index (Phi) is 5.90. The maximum atomic E-state index is 12.2. The van der Waals surface area contributed by atoms with Gasteiger partial charge in [-0.05, 0) is 48.2 Å². The summed E-state index contributed by atoms with van der Waals surface area (Å²) in [7, 11) is 0. The van der Waals surface area contributed by atoms with Gasteiger partial charge in [-0.2, -0.15) is 0 Å². The fourth-order valence-electron chi connectivity index (χ4n) is 2.08. The van der Waals surface area contributed by atoms with Crippen LogP contribution < -0.4 is 5.32 Å². The number of aromatic nitrogens is 1. The summed E-state index contributed by atoms with van der Waals surface area (Å²) >= 11 is 0. The molecule has 0 saturated heterocycles. The SMILES string of the molecule is CCC/C=C/c1ccc(C(=O)Nc2cc(CC)ccn2)cc1. The lowest BCUT2D eigenvalue weighted by Gasteiger charge is -2.06. The van der Waals surface area contributed by atoms with Gasteiger partial charge in [0.05, 0.1) is 0 Å². The molecule has 0 bridgehead atoms. The van der Waals surface area contributed by atoms with Crippen LogP contribution in [0.15, 0.2) is 48.7 Å². The lowest BCUT2D eigenvalue weighted by molar-refractivity contribution is 0.102. The lowest BCUT2D eigenvalue weighted by Crippen LogP contribution is -2.13. The van der Waals surface area contributed by atoms with Crippen molar-refractivity contribution < 1.29 is 4.79 Å². The van der Waals surface area contributed by atoms with Crippen molar-refractivity contribution in [3.63, 3.8) is 0 Å². The molecule has 0 aliphatic heterocycles. The van der Waals surface area contributed by atoms with Gasteiger partial charge in [0.25, 0.3) is 5.91 Å². The normalized spacial score (nSPS) is 10.8. The highest BCUT2D eigenvalue weighted by atomic mass is 16.1. The molecular weight excluding hydrogens is 272 g/mol. The number of hydrogen-bond donors (Lipinski definition) is 1. The van der Waals surface area contributed by atoms with E-state index >= 15 is 0 Å². The number of nitrogens with one attached hydrogen (secondary N) is 1. The van der Waals surface area contributed by atoms with E-state index in [1.807, 2.05) is 36.4 Å². The number of anilines is 1. The molecule has 3 nitrogen and oxygen atoms in total. The number of amides is 1. The molecule has 1 aromatic heterocycles. The molecule has 114 valence electrons. The number of allylic oxidation sites excluding steroid dienone is 1. The second-order valence-electron chi connectivity index (χ2n) is 5.17. The molecule has 1 N–H and O–H groups in total. The number of carbonyl (C=O) groups is 1. The maximum absolute atomic E-state index is 12.2. The van der Waals surface area contributed by atoms with Gasteiger partial charge in [-0.1, -0.05) is 44.6 Å². The summed E-state index contributed by atoms with van der Waals surface area (Å²) in [5, 5.41) is 2.84. The summed E-state index contributed by atoms with van der Waals surface area (Å²) in [6, 6.07) is 11.4. The van der Waals surface area contributed by atoms with Crippen molar-refractivity contribution in [2.75, 3.05) is 5.32 Å². The average Bonchev–Trinajstić information content (AvgIpc) is 2.56. The minimum Gasteiger partial charge on any atom is -0.307 e. The van der Waals surface area contributed by atoms with Crippen molar-refractivity contribution in [1.29, 1.82) is 0 Å². The van der Waals surface area contributed by atoms with Crippen molar-refractivity contribution >= 4 is 17.8 Å². The molecule has 0 aliphatic carbocycles. The van der Waals surface area contributed by atoms with Gasteiger partial charge in [0.15, 0.2) is 0 Å². The standard InChI is InChI=1S/C19H22N2O/c1-3-5-6-7-16-8-10-17(11-9-16)19(22)21-18-14-15(4-2)12-13-20-18/h6-14H,3-5H2,1-2H3,(H,20,21,22)/b7-6+. The van der Waals surface area contributed by atoms with Crippen molar-refractivity contribution in [3.8, 4) is 0 Å². The molecule has 1 heterocycles. The van der Waals surface area contributed by atoms with Crippen LogP contribution in [0.4, 0.5) is 5.82 Å². The highest BCUT2D eigenvalue weighted by molar-refractivity contribution is 6.03. The number of rotatable bonds is 6. The summed E-state index contributed by atoms with van der Waals surface area (Å²) in [5.41, 5.74) is 2.90. The molecule has 1 amide bonds. The van der Waals surface area contributed by atoms with E-state index < -0.39 is 0 Å². The van der Waals surface area contributed by atoms with E-state index in [0.717, 1.165) is 30.4 Å². The molecular formula is C19H22N2O. The molecule has 0 saturated carbocycles. The van der Waals surface area contributed by atoms with E-state index in [1.54, 1.807) is 6.20 Å². The first-order chi connectivity index (χ1) is 10.7. The van der Waals surface area contributed by atoms with Gasteiger partial charge in [-0.15, -0.1) is 0 Å². The van der Waals surface area contributed by atoms with E-state index in [-0.39, 0.29) is 5.91 Å². The van der Waals surface area contributed by atoms with Gasteiger partial charge >= 0.3 is 0 Å². The van der Waals surface area contributed by atoms with Gasteiger partial charge < -0.3 is 5.32 Å². The first kappa shape index (κ1) is 16.0. The third-order valence-electron chi connectivity index (χ3n) is 3.41. The molecule has 1 aromatic carbocycles. The van der Waals surface area contributed by atoms with Crippen molar-refractivity contribution in [3.05, 3.63) is 65.4 Å². The van der Waals surface area contributed by atoms with Crippen LogP contribution in [-0.4, -0.2) is 10.9 Å². The summed E-state index contributed by atoms with van der Waals surface area (Å²) in [6.07, 6.45) is 9.08. The van der Waals surface area contributed by atoms with Gasteiger partial charge in [-0.25, -0.2) is 4.98 Å². The molecule has 0 fully saturated rings. The number of carbonyl (C=O) groups excluding carboxylic acids is 1. The largest absolute Gasteiger partial charge is 0.307 e. The minimum atomic E-state index is -0.134. The minimum absolute atomic E-state index is 0.134. The summed E-state index contributed by atoms with van der Waals surface area (Å²) in [4.78, 5) is 16.4. The quantitative estimate of drug-likeness (QED) is 0.838. The molecule has 0 radical (unpaired) electrons. The van der Waals surface area contributed by atoms with Crippen LogP contribution in [0, 0.1) is 0 Å². The fraction of sp³-hybridized carbons (Fsp3) is 0.263. The first-order valence-corrected chi connectivity index (χ1v) is 7.75. The molecule has 0 aliphatic rings. The van der Waals surface area contributed by atoms with Crippen LogP contribution >= 0.6 is 0 Å². The molecule has 0 spiro atoms. The summed E-state index contributed by atoms with van der Waals surface area (Å²) in [5.74, 6) is 0.459. The third-order valence-corrected chi connectivity index (χ3v) is 3.41. The Morgan fingerprint density at radius 3 is 2.64 bits per heavy atom. The molecule has 22 heavy (non-hydrogen) atoms. The fourth-order valence-corrected chi connectivity index (χ4v) is 2.08. The Morgan fingerprint density at radius 2 is 1.95 bits per heavy atom. The number of benzene rings is 1. The lowest BCUT2D eigenvalue weighted by atomic mass is 10.1. The number of hydrogen-bond acceptors (Lipinski definition) is 2. The number of unbranched alkanes of at least 4 members (excludes halogenated alkanes) is 1. The van der Waals surface area contributed by atoms with Crippen LogP contribution in [0.1, 0.15) is 48.2 Å². The Hall–Kier alpha value is -2.42. The third kappa shape index (κ3) is 4.55. The zero-order chi connectivity index (χ0) is 15.8. The van der Waals surface area contributed by atoms with E-state index in [0.29, 0.717) is 11.4 Å². The average molecular weight is 294 g/mol. The first-order valence-electron chi connectivity index (χ1n) is 7.75. The summed E-state index contributed by atoms with van der Waals surface area (Å²) in [6.45, 7) is 4.23. The van der Waals surface area contributed by atoms with Crippen molar-refractivity contribution in [2.24, 2.45) is 0 Å². The Morgan fingerprint density at radius 1 is 1.18 bits per heavy atom. The van der Waals surface area contributed by atoms with Gasteiger partial charge in [0, 0.05) is 11.8 Å². The number of pyridine rings is 1. The smallest absolute Gasteiger partial charge is 0.256 e. The van der Waals surface area contributed by atoms with Crippen LogP contribution in [-0.2, 0) is 6.42 Å². The molecule has 0 unspecified atom stereocenters. The second-order valence-corrected chi connectivity index (χ2v) is 5.17. The zero-order valence-electron chi connectivity index (χ0n) is 13.2. The number of aryl methyl sites for hydroxylation is 1. The summed E-state index contributed by atoms with van der Waals surface area (Å²) < 4.78 is 0. The van der Waals surface area contributed by atoms with Gasteiger partial charge in [0.1, 0.15) is 5.82 Å². The highest BCUT2D eigenvalue weighted by Gasteiger charge is 2.06. The van der Waals surface area contributed by atoms with Crippen molar-refractivity contribution in [1.82, 2.24) is 4.98 Å². The van der Waals surface area contributed by atoms with Gasteiger partial charge in [0.2, 0.25) is 0 Å². The van der Waals surface area contributed by atoms with Gasteiger partial charge in [-0.3, -0.25) is 4.79 Å². The monoisotopic (exact) mass is 294 g/mol. The Labute approximate surface area is 132 Å². The predicted molar refractivity (Wildman–Crippen MR) is 92.0 cm³/mol. The zero-order valence-corrected chi connectivity index (χ0v) is 13.2.